The van der Waals surface area contributed by atoms with Gasteiger partial charge in [0.2, 0.25) is 0 Å². The van der Waals surface area contributed by atoms with Crippen LogP contribution < -0.4 is 0 Å². The molecule has 0 aromatic carbocycles. The topological polar surface area (TPSA) is 46.5 Å². The Kier molecular flexibility index (Phi) is 8.37. The number of esters is 1. The molecular formula is C22H34O3. The van der Waals surface area contributed by atoms with Crippen molar-refractivity contribution in [2.45, 2.75) is 73.3 Å². The summed E-state index contributed by atoms with van der Waals surface area (Å²) in [6, 6.07) is 0. The van der Waals surface area contributed by atoms with E-state index in [0.717, 1.165) is 17.6 Å². The van der Waals surface area contributed by atoms with E-state index in [0.29, 0.717) is 0 Å². The summed E-state index contributed by atoms with van der Waals surface area (Å²) in [5, 5.41) is 10.3. The van der Waals surface area contributed by atoms with Crippen LogP contribution in [0.4, 0.5) is 0 Å². The molecule has 0 bridgehead atoms. The van der Waals surface area contributed by atoms with E-state index in [4.69, 9.17) is 4.74 Å². The third-order valence-electron chi connectivity index (χ3n) is 5.01. The minimum absolute atomic E-state index is 0.260. The van der Waals surface area contributed by atoms with Crippen LogP contribution in [0.15, 0.2) is 46.6 Å². The molecule has 0 aromatic rings. The maximum atomic E-state index is 10.7. The third kappa shape index (κ3) is 7.43. The van der Waals surface area contributed by atoms with Gasteiger partial charge in [-0.05, 0) is 63.5 Å². The number of carbonyl (C=O) groups is 1. The molecule has 1 aliphatic rings. The van der Waals surface area contributed by atoms with E-state index in [-0.39, 0.29) is 18.0 Å². The highest BCUT2D eigenvalue weighted by Crippen LogP contribution is 2.42. The number of aliphatic hydroxyl groups excluding tert-OH is 1. The van der Waals surface area contributed by atoms with Gasteiger partial charge in [-0.3, -0.25) is 4.79 Å². The van der Waals surface area contributed by atoms with Gasteiger partial charge < -0.3 is 9.84 Å². The highest BCUT2D eigenvalue weighted by molar-refractivity contribution is 5.66. The van der Waals surface area contributed by atoms with Crippen molar-refractivity contribution in [2.24, 2.45) is 5.41 Å². The molecule has 3 heteroatoms. The predicted octanol–water partition coefficient (Wildman–Crippen LogP) is 5.28. The normalized spacial score (nSPS) is 20.1. The quantitative estimate of drug-likeness (QED) is 0.388. The molecule has 1 rings (SSSR count). The molecule has 3 nitrogen and oxygen atoms in total. The number of ether oxygens (including phenoxy) is 1. The molecule has 1 aliphatic carbocycles. The number of allylic oxidation sites excluding steroid dienone is 5. The lowest BCUT2D eigenvalue weighted by atomic mass is 9.71. The van der Waals surface area contributed by atoms with Crippen LogP contribution in [-0.2, 0) is 9.53 Å². The molecule has 0 heterocycles. The van der Waals surface area contributed by atoms with Gasteiger partial charge in [-0.15, -0.1) is 0 Å². The Morgan fingerprint density at radius 2 is 1.96 bits per heavy atom. The van der Waals surface area contributed by atoms with Gasteiger partial charge in [0, 0.05) is 6.92 Å². The Bertz CT molecular complexity index is 588. The molecule has 0 aliphatic heterocycles. The third-order valence-corrected chi connectivity index (χ3v) is 5.01. The van der Waals surface area contributed by atoms with Crippen LogP contribution in [0.5, 0.6) is 0 Å². The van der Waals surface area contributed by atoms with Crippen LogP contribution >= 0.6 is 0 Å². The van der Waals surface area contributed by atoms with Crippen LogP contribution in [0.2, 0.25) is 0 Å². The molecule has 0 fully saturated rings. The first kappa shape index (κ1) is 21.4. The molecule has 1 atom stereocenters. The molecule has 25 heavy (non-hydrogen) atoms. The Morgan fingerprint density at radius 1 is 1.28 bits per heavy atom. The van der Waals surface area contributed by atoms with Crippen molar-refractivity contribution in [3.05, 3.63) is 46.6 Å². The van der Waals surface area contributed by atoms with Crippen molar-refractivity contribution in [3.63, 3.8) is 0 Å². The van der Waals surface area contributed by atoms with Crippen LogP contribution in [0.25, 0.3) is 0 Å². The number of hydrogen-bond donors (Lipinski definition) is 1. The molecule has 0 saturated carbocycles. The van der Waals surface area contributed by atoms with E-state index in [1.807, 2.05) is 26.0 Å². The van der Waals surface area contributed by atoms with Crippen molar-refractivity contribution in [3.8, 4) is 0 Å². The van der Waals surface area contributed by atoms with E-state index in [2.05, 4.69) is 26.8 Å². The molecule has 0 aromatic heterocycles. The van der Waals surface area contributed by atoms with Crippen LogP contribution in [0.1, 0.15) is 67.2 Å². The molecule has 0 spiro atoms. The van der Waals surface area contributed by atoms with E-state index >= 15 is 0 Å². The fourth-order valence-corrected chi connectivity index (χ4v) is 3.26. The first-order chi connectivity index (χ1) is 11.6. The van der Waals surface area contributed by atoms with Crippen LogP contribution in [-0.4, -0.2) is 23.8 Å². The Balaban J connectivity index is 2.66. The summed E-state index contributed by atoms with van der Waals surface area (Å²) >= 11 is 0. The molecule has 0 saturated heterocycles. The number of hydrogen-bond acceptors (Lipinski definition) is 3. The number of rotatable bonds is 7. The summed E-state index contributed by atoms with van der Waals surface area (Å²) in [7, 11) is 0. The first-order valence-electron chi connectivity index (χ1n) is 9.15. The predicted molar refractivity (Wildman–Crippen MR) is 104 cm³/mol. The van der Waals surface area contributed by atoms with Crippen molar-refractivity contribution >= 4 is 5.97 Å². The SMILES string of the molecule is CC(=O)OC/C=C(C)\C=C/C(O)C(C)=CCC1=C(C)CCCC1(C)C. The van der Waals surface area contributed by atoms with Gasteiger partial charge in [0.1, 0.15) is 6.61 Å². The van der Waals surface area contributed by atoms with Crippen molar-refractivity contribution in [1.82, 2.24) is 0 Å². The Labute approximate surface area is 153 Å². The van der Waals surface area contributed by atoms with Crippen molar-refractivity contribution < 1.29 is 14.6 Å². The minimum Gasteiger partial charge on any atom is -0.462 e. The fourth-order valence-electron chi connectivity index (χ4n) is 3.26. The molecular weight excluding hydrogens is 312 g/mol. The highest BCUT2D eigenvalue weighted by atomic mass is 16.5. The molecule has 0 radical (unpaired) electrons. The van der Waals surface area contributed by atoms with Crippen LogP contribution in [0.3, 0.4) is 0 Å². The Morgan fingerprint density at radius 3 is 2.56 bits per heavy atom. The lowest BCUT2D eigenvalue weighted by molar-refractivity contribution is -0.139. The maximum Gasteiger partial charge on any atom is 0.302 e. The zero-order valence-corrected chi connectivity index (χ0v) is 16.7. The zero-order valence-electron chi connectivity index (χ0n) is 16.7. The van der Waals surface area contributed by atoms with Gasteiger partial charge >= 0.3 is 5.97 Å². The number of aliphatic hydroxyl groups is 1. The van der Waals surface area contributed by atoms with Gasteiger partial charge in [-0.2, -0.15) is 0 Å². The summed E-state index contributed by atoms with van der Waals surface area (Å²) in [5.41, 5.74) is 5.21. The van der Waals surface area contributed by atoms with Gasteiger partial charge in [0.05, 0.1) is 6.10 Å². The average molecular weight is 347 g/mol. The lowest BCUT2D eigenvalue weighted by Crippen LogP contribution is -2.20. The second kappa shape index (κ2) is 9.76. The number of carbonyl (C=O) groups excluding carboxylic acids is 1. The van der Waals surface area contributed by atoms with E-state index in [9.17, 15) is 9.90 Å². The summed E-state index contributed by atoms with van der Waals surface area (Å²) in [5.74, 6) is -0.290. The fraction of sp³-hybridized carbons (Fsp3) is 0.591. The summed E-state index contributed by atoms with van der Waals surface area (Å²) in [6.45, 7) is 12.4. The standard InChI is InChI=1S/C22H34O3/c1-16(13-15-25-19(4)23)9-12-21(24)18(3)10-11-20-17(2)8-7-14-22(20,5)6/h9-10,12-13,21,24H,7-8,11,14-15H2,1-6H3/b12-9-,16-13-,18-10?. The second-order valence-electron chi connectivity index (χ2n) is 7.70. The van der Waals surface area contributed by atoms with E-state index in [1.54, 1.807) is 6.08 Å². The van der Waals surface area contributed by atoms with Gasteiger partial charge in [0.15, 0.2) is 0 Å². The first-order valence-corrected chi connectivity index (χ1v) is 9.15. The molecule has 1 unspecified atom stereocenters. The van der Waals surface area contributed by atoms with Crippen molar-refractivity contribution in [2.75, 3.05) is 6.61 Å². The molecule has 0 amide bonds. The largest absolute Gasteiger partial charge is 0.462 e. The molecule has 1 N–H and O–H groups in total. The molecule has 140 valence electrons. The highest BCUT2D eigenvalue weighted by Gasteiger charge is 2.27. The minimum atomic E-state index is -0.593. The summed E-state index contributed by atoms with van der Waals surface area (Å²) in [4.78, 5) is 10.7. The second-order valence-corrected chi connectivity index (χ2v) is 7.70. The average Bonchev–Trinajstić information content (AvgIpc) is 2.50. The van der Waals surface area contributed by atoms with Crippen LogP contribution in [0, 0.1) is 5.41 Å². The van der Waals surface area contributed by atoms with E-state index < -0.39 is 6.10 Å². The van der Waals surface area contributed by atoms with Gasteiger partial charge in [-0.1, -0.05) is 48.8 Å². The van der Waals surface area contributed by atoms with Gasteiger partial charge in [-0.25, -0.2) is 0 Å². The lowest BCUT2D eigenvalue weighted by Gasteiger charge is -2.34. The summed E-state index contributed by atoms with van der Waals surface area (Å²) < 4.78 is 4.87. The Hall–Kier alpha value is -1.61. The monoisotopic (exact) mass is 346 g/mol. The summed E-state index contributed by atoms with van der Waals surface area (Å²) in [6.07, 6.45) is 11.6. The van der Waals surface area contributed by atoms with Crippen molar-refractivity contribution in [1.29, 1.82) is 0 Å². The van der Waals surface area contributed by atoms with E-state index in [1.165, 1.54) is 37.3 Å². The zero-order chi connectivity index (χ0) is 19.0. The maximum absolute atomic E-state index is 10.7. The van der Waals surface area contributed by atoms with Gasteiger partial charge in [0.25, 0.3) is 0 Å². The smallest absolute Gasteiger partial charge is 0.302 e.